The van der Waals surface area contributed by atoms with Crippen LogP contribution in [0.1, 0.15) is 16.1 Å². The van der Waals surface area contributed by atoms with Crippen LogP contribution >= 0.6 is 0 Å². The normalized spacial score (nSPS) is 10.0. The molecule has 0 aliphatic carbocycles. The number of carbonyl (C=O) groups is 1. The molecule has 21 heavy (non-hydrogen) atoms. The summed E-state index contributed by atoms with van der Waals surface area (Å²) in [5.74, 6) is -1.19. The topological polar surface area (TPSA) is 93.1 Å². The fraction of sp³-hybridized carbons (Fsp3) is 0.143. The summed E-state index contributed by atoms with van der Waals surface area (Å²) in [6.45, 7) is 0. The van der Waals surface area contributed by atoms with Crippen molar-refractivity contribution in [1.82, 2.24) is 4.57 Å². The van der Waals surface area contributed by atoms with E-state index < -0.39 is 11.8 Å². The van der Waals surface area contributed by atoms with E-state index in [1.54, 1.807) is 7.05 Å². The summed E-state index contributed by atoms with van der Waals surface area (Å²) in [6, 6.07) is 5.93. The molecule has 2 rings (SSSR count). The van der Waals surface area contributed by atoms with Crippen LogP contribution in [0.25, 0.3) is 5.69 Å². The number of nitrogen functional groups attached to an aromatic ring is 1. The van der Waals surface area contributed by atoms with Crippen molar-refractivity contribution in [1.29, 1.82) is 5.26 Å². The first-order valence-corrected chi connectivity index (χ1v) is 6.00. The predicted molar refractivity (Wildman–Crippen MR) is 75.7 cm³/mol. The lowest BCUT2D eigenvalue weighted by atomic mass is 10.2. The first kappa shape index (κ1) is 14.4. The van der Waals surface area contributed by atoms with Crippen molar-refractivity contribution in [2.75, 3.05) is 25.2 Å². The van der Waals surface area contributed by atoms with Crippen LogP contribution in [0.3, 0.4) is 0 Å². The molecule has 0 aliphatic heterocycles. The number of halogens is 1. The van der Waals surface area contributed by atoms with Gasteiger partial charge in [-0.15, -0.1) is 0 Å². The van der Waals surface area contributed by atoms with Gasteiger partial charge in [-0.25, -0.2) is 9.18 Å². The number of rotatable bonds is 3. The molecule has 0 fully saturated rings. The molecule has 0 spiro atoms. The highest BCUT2D eigenvalue weighted by atomic mass is 19.1. The van der Waals surface area contributed by atoms with Crippen LogP contribution in [0, 0.1) is 17.1 Å². The third-order valence-corrected chi connectivity index (χ3v) is 3.03. The van der Waals surface area contributed by atoms with E-state index in [9.17, 15) is 9.18 Å². The summed E-state index contributed by atoms with van der Waals surface area (Å²) >= 11 is 0. The third-order valence-electron chi connectivity index (χ3n) is 3.03. The molecule has 1 aromatic heterocycles. The first-order chi connectivity index (χ1) is 10.0. The number of ether oxygens (including phenoxy) is 1. The number of aromatic nitrogens is 1. The average Bonchev–Trinajstić information content (AvgIpc) is 2.83. The molecular formula is C14H13FN4O2. The number of nitrogens with two attached hydrogens (primary N) is 1. The summed E-state index contributed by atoms with van der Waals surface area (Å²) in [5.41, 5.74) is 6.81. The molecule has 108 valence electrons. The maximum absolute atomic E-state index is 13.5. The van der Waals surface area contributed by atoms with Crippen LogP contribution in [0.5, 0.6) is 0 Å². The van der Waals surface area contributed by atoms with Crippen molar-refractivity contribution < 1.29 is 13.9 Å². The van der Waals surface area contributed by atoms with Crippen molar-refractivity contribution in [2.45, 2.75) is 0 Å². The molecule has 6 nitrogen and oxygen atoms in total. The zero-order valence-corrected chi connectivity index (χ0v) is 11.5. The van der Waals surface area contributed by atoms with Gasteiger partial charge in [0.05, 0.1) is 29.7 Å². The lowest BCUT2D eigenvalue weighted by Crippen LogP contribution is -2.12. The number of hydrogen-bond acceptors (Lipinski definition) is 5. The number of benzene rings is 1. The summed E-state index contributed by atoms with van der Waals surface area (Å²) in [4.78, 5) is 11.9. The minimum atomic E-state index is -0.708. The van der Waals surface area contributed by atoms with Gasteiger partial charge >= 0.3 is 5.97 Å². The van der Waals surface area contributed by atoms with E-state index in [0.717, 1.165) is 0 Å². The minimum absolute atomic E-state index is 0.00401. The number of nitriles is 1. The Bertz CT molecular complexity index is 746. The highest BCUT2D eigenvalue weighted by Gasteiger charge is 2.23. The Morgan fingerprint density at radius 1 is 1.52 bits per heavy atom. The summed E-state index contributed by atoms with van der Waals surface area (Å²) in [6.07, 6.45) is 1.37. The molecule has 0 saturated heterocycles. The van der Waals surface area contributed by atoms with E-state index in [1.165, 1.54) is 36.1 Å². The molecule has 7 heteroatoms. The number of methoxy groups -OCH3 is 1. The summed E-state index contributed by atoms with van der Waals surface area (Å²) in [7, 11) is 2.86. The van der Waals surface area contributed by atoms with Gasteiger partial charge in [0.15, 0.2) is 5.69 Å². The van der Waals surface area contributed by atoms with Gasteiger partial charge in [-0.3, -0.25) is 0 Å². The van der Waals surface area contributed by atoms with Crippen molar-refractivity contribution in [3.63, 3.8) is 0 Å². The Morgan fingerprint density at radius 3 is 2.81 bits per heavy atom. The molecule has 0 radical (unpaired) electrons. The second-order valence-corrected chi connectivity index (χ2v) is 4.19. The van der Waals surface area contributed by atoms with Crippen LogP contribution in [-0.2, 0) is 4.74 Å². The quantitative estimate of drug-likeness (QED) is 0.841. The Balaban J connectivity index is 2.78. The molecule has 1 heterocycles. The van der Waals surface area contributed by atoms with Gasteiger partial charge in [0.2, 0.25) is 0 Å². The van der Waals surface area contributed by atoms with Crippen molar-refractivity contribution in [3.8, 4) is 11.8 Å². The van der Waals surface area contributed by atoms with Gasteiger partial charge in [0, 0.05) is 13.2 Å². The lowest BCUT2D eigenvalue weighted by molar-refractivity contribution is 0.0593. The molecular weight excluding hydrogens is 275 g/mol. The number of nitrogens with one attached hydrogen (secondary N) is 1. The van der Waals surface area contributed by atoms with Crippen molar-refractivity contribution >= 4 is 17.3 Å². The second-order valence-electron chi connectivity index (χ2n) is 4.19. The number of esters is 1. The number of anilines is 2. The van der Waals surface area contributed by atoms with Gasteiger partial charge in [-0.05, 0) is 18.2 Å². The largest absolute Gasteiger partial charge is 0.464 e. The third kappa shape index (κ3) is 2.39. The maximum atomic E-state index is 13.5. The fourth-order valence-corrected chi connectivity index (χ4v) is 2.02. The lowest BCUT2D eigenvalue weighted by Gasteiger charge is -2.13. The molecule has 0 saturated carbocycles. The van der Waals surface area contributed by atoms with Gasteiger partial charge in [-0.2, -0.15) is 5.26 Å². The van der Waals surface area contributed by atoms with E-state index in [2.05, 4.69) is 10.1 Å². The van der Waals surface area contributed by atoms with E-state index in [-0.39, 0.29) is 16.9 Å². The zero-order valence-electron chi connectivity index (χ0n) is 11.5. The fourth-order valence-electron chi connectivity index (χ4n) is 2.02. The second kappa shape index (κ2) is 5.54. The molecule has 2 aromatic rings. The maximum Gasteiger partial charge on any atom is 0.357 e. The Kier molecular flexibility index (Phi) is 3.80. The van der Waals surface area contributed by atoms with Crippen LogP contribution in [-0.4, -0.2) is 24.7 Å². The zero-order chi connectivity index (χ0) is 15.6. The first-order valence-electron chi connectivity index (χ1n) is 6.00. The van der Waals surface area contributed by atoms with Gasteiger partial charge in [0.1, 0.15) is 11.9 Å². The number of carbonyl (C=O) groups excluding carboxylic acids is 1. The molecule has 0 unspecified atom stereocenters. The van der Waals surface area contributed by atoms with Crippen molar-refractivity contribution in [3.05, 3.63) is 41.5 Å². The highest BCUT2D eigenvalue weighted by Crippen LogP contribution is 2.29. The SMILES string of the molecule is CNc1ccc(F)cc1-n1cc(C#N)c(N)c1C(=O)OC. The Morgan fingerprint density at radius 2 is 2.24 bits per heavy atom. The molecule has 0 aliphatic rings. The van der Waals surface area contributed by atoms with Crippen LogP contribution in [0.4, 0.5) is 15.8 Å². The molecule has 1 aromatic carbocycles. The molecule has 0 atom stereocenters. The monoisotopic (exact) mass is 288 g/mol. The van der Waals surface area contributed by atoms with Crippen molar-refractivity contribution in [2.24, 2.45) is 0 Å². The van der Waals surface area contributed by atoms with E-state index in [1.807, 2.05) is 6.07 Å². The Labute approximate surface area is 120 Å². The summed E-state index contributed by atoms with van der Waals surface area (Å²) < 4.78 is 19.5. The van der Waals surface area contributed by atoms with Gasteiger partial charge in [-0.1, -0.05) is 0 Å². The minimum Gasteiger partial charge on any atom is -0.464 e. The van der Waals surface area contributed by atoms with Crippen LogP contribution < -0.4 is 11.1 Å². The number of hydrogen-bond donors (Lipinski definition) is 2. The van der Waals surface area contributed by atoms with E-state index in [0.29, 0.717) is 11.4 Å². The number of nitrogens with zero attached hydrogens (tertiary/aromatic N) is 2. The predicted octanol–water partition coefficient (Wildman–Crippen LogP) is 1.90. The van der Waals surface area contributed by atoms with E-state index in [4.69, 9.17) is 11.0 Å². The molecule has 0 amide bonds. The standard InChI is InChI=1S/C14H13FN4O2/c1-18-10-4-3-9(15)5-11(10)19-7-8(6-16)12(17)13(19)14(20)21-2/h3-5,7,18H,17H2,1-2H3. The van der Waals surface area contributed by atoms with E-state index >= 15 is 0 Å². The van der Waals surface area contributed by atoms with Gasteiger partial charge in [0.25, 0.3) is 0 Å². The van der Waals surface area contributed by atoms with Crippen LogP contribution in [0.15, 0.2) is 24.4 Å². The molecule has 3 N–H and O–H groups in total. The highest BCUT2D eigenvalue weighted by molar-refractivity contribution is 5.96. The van der Waals surface area contributed by atoms with Gasteiger partial charge < -0.3 is 20.4 Å². The summed E-state index contributed by atoms with van der Waals surface area (Å²) in [5, 5.41) is 11.9. The van der Waals surface area contributed by atoms with Crippen LogP contribution in [0.2, 0.25) is 0 Å². The Hall–Kier alpha value is -3.01. The smallest absolute Gasteiger partial charge is 0.357 e. The average molecular weight is 288 g/mol. The molecule has 0 bridgehead atoms.